The van der Waals surface area contributed by atoms with E-state index in [0.717, 1.165) is 12.8 Å². The molecule has 0 aromatic carbocycles. The van der Waals surface area contributed by atoms with E-state index in [0.29, 0.717) is 6.04 Å². The number of nitrogens with two attached hydrogens (primary N) is 2. The molecule has 0 spiro atoms. The number of halogens is 1. The second-order valence-corrected chi connectivity index (χ2v) is 3.18. The van der Waals surface area contributed by atoms with E-state index in [-0.39, 0.29) is 82.6 Å². The smallest absolute Gasteiger partial charge is 0.870 e. The largest absolute Gasteiger partial charge is 1.00 e. The first kappa shape index (κ1) is 42.9. The number of amides is 1. The summed E-state index contributed by atoms with van der Waals surface area (Å²) < 4.78 is 7.72. The van der Waals surface area contributed by atoms with Gasteiger partial charge in [-0.3, -0.25) is 4.79 Å². The first-order valence-corrected chi connectivity index (χ1v) is 5.37. The molecule has 0 aromatic rings. The Labute approximate surface area is 170 Å². The van der Waals surface area contributed by atoms with Crippen LogP contribution in [0, 0.1) is 5.92 Å². The molecular weight excluding hydrogens is 310 g/mol. The number of carbonyl (C=O) groups is 1. The third-order valence-electron chi connectivity index (χ3n) is 1.74. The Hall–Kier alpha value is 1.02. The van der Waals surface area contributed by atoms with E-state index in [1.165, 1.54) is 0 Å². The molecule has 0 aliphatic rings. The Morgan fingerprint density at radius 1 is 1.15 bits per heavy atom. The van der Waals surface area contributed by atoms with E-state index < -0.39 is 0 Å². The summed E-state index contributed by atoms with van der Waals surface area (Å²) in [6.07, 6.45) is 2.18. The summed E-state index contributed by atoms with van der Waals surface area (Å²) in [6.45, 7) is 7.84. The van der Waals surface area contributed by atoms with Gasteiger partial charge in [-0.05, 0) is 19.8 Å². The summed E-state index contributed by atoms with van der Waals surface area (Å²) >= 11 is 3.39. The quantitative estimate of drug-likeness (QED) is 0.490. The third kappa shape index (κ3) is 75.9. The minimum absolute atomic E-state index is 0. The molecular formula is C10H23ClN2Na2O5. The van der Waals surface area contributed by atoms with Crippen LogP contribution >= 0.6 is 11.9 Å². The maximum absolute atomic E-state index is 10.2. The Bertz CT molecular complexity index is 194. The van der Waals surface area contributed by atoms with Gasteiger partial charge in [0, 0.05) is 12.0 Å². The van der Waals surface area contributed by atoms with E-state index in [4.69, 9.17) is 25.7 Å². The van der Waals surface area contributed by atoms with Crippen LogP contribution in [0.1, 0.15) is 40.5 Å². The summed E-state index contributed by atoms with van der Waals surface area (Å²) in [5, 5.41) is 0. The molecule has 0 saturated carbocycles. The van der Waals surface area contributed by atoms with E-state index >= 15 is 0 Å². The monoisotopic (exact) mass is 332 g/mol. The van der Waals surface area contributed by atoms with Crippen LogP contribution in [-0.4, -0.2) is 23.6 Å². The molecule has 2 atom stereocenters. The molecule has 10 heteroatoms. The topological polar surface area (TPSA) is 156 Å². The van der Waals surface area contributed by atoms with Crippen molar-refractivity contribution in [1.82, 2.24) is 0 Å². The van der Waals surface area contributed by atoms with Gasteiger partial charge >= 0.3 is 65.3 Å². The van der Waals surface area contributed by atoms with Gasteiger partial charge in [0.15, 0.2) is 0 Å². The van der Waals surface area contributed by atoms with Crippen molar-refractivity contribution in [2.75, 3.05) is 0 Å². The van der Waals surface area contributed by atoms with E-state index in [2.05, 4.69) is 18.8 Å². The number of primary amides is 1. The Morgan fingerprint density at radius 2 is 1.35 bits per heavy atom. The Balaban J connectivity index is -0.0000000234. The summed E-state index contributed by atoms with van der Waals surface area (Å²) in [4.78, 5) is 26.4. The first-order valence-electron chi connectivity index (χ1n) is 5.06. The molecule has 20 heavy (non-hydrogen) atoms. The predicted molar refractivity (Wildman–Crippen MR) is 65.4 cm³/mol. The van der Waals surface area contributed by atoms with Crippen LogP contribution < -0.4 is 75.2 Å². The van der Waals surface area contributed by atoms with E-state index in [1.807, 2.05) is 20.8 Å². The normalized spacial score (nSPS) is 9.15. The van der Waals surface area contributed by atoms with Crippen LogP contribution in [0.25, 0.3) is 0 Å². The number of rotatable bonds is 3. The molecule has 112 valence electrons. The average Bonchev–Trinajstić information content (AvgIpc) is 2.32. The van der Waals surface area contributed by atoms with Gasteiger partial charge in [-0.2, -0.15) is 9.59 Å². The third-order valence-corrected chi connectivity index (χ3v) is 1.74. The van der Waals surface area contributed by atoms with E-state index in [1.54, 1.807) is 0 Å². The second-order valence-electron chi connectivity index (χ2n) is 3.18. The van der Waals surface area contributed by atoms with Gasteiger partial charge < -0.3 is 21.6 Å². The minimum Gasteiger partial charge on any atom is -0.870 e. The minimum atomic E-state index is -0.206. The SMILES string of the molecule is CCC(C)C(N)=O.CCC(C)N.O=C=O.[Na+].[Na+].[O-]Cl.[OH-]. The molecule has 1 amide bonds. The maximum atomic E-state index is 10.2. The zero-order chi connectivity index (χ0) is 14.9. The van der Waals surface area contributed by atoms with Gasteiger partial charge in [-0.15, -0.1) is 0 Å². The van der Waals surface area contributed by atoms with Gasteiger partial charge in [-0.1, -0.05) is 20.8 Å². The van der Waals surface area contributed by atoms with E-state index in [9.17, 15) is 4.79 Å². The van der Waals surface area contributed by atoms with Crippen molar-refractivity contribution in [2.24, 2.45) is 17.4 Å². The van der Waals surface area contributed by atoms with Crippen LogP contribution in [0.5, 0.6) is 0 Å². The van der Waals surface area contributed by atoms with Crippen molar-refractivity contribution in [3.8, 4) is 0 Å². The Kier molecular flexibility index (Phi) is 91.6. The van der Waals surface area contributed by atoms with Crippen molar-refractivity contribution in [2.45, 2.75) is 46.6 Å². The molecule has 0 aromatic heterocycles. The number of hydrogen-bond donors (Lipinski definition) is 2. The summed E-state index contributed by atoms with van der Waals surface area (Å²) in [5.74, 6) is -0.164. The van der Waals surface area contributed by atoms with Gasteiger partial charge in [-0.25, -0.2) is 11.9 Å². The molecule has 0 fully saturated rings. The number of carbonyl (C=O) groups excluding carboxylic acids is 3. The fourth-order valence-corrected chi connectivity index (χ4v) is 0.201. The summed E-state index contributed by atoms with van der Waals surface area (Å²) in [6, 6.07) is 0.384. The number of hydrogen-bond acceptors (Lipinski definition) is 6. The molecule has 2 unspecified atom stereocenters. The van der Waals surface area contributed by atoms with Crippen LogP contribution in [0.2, 0.25) is 0 Å². The molecule has 0 bridgehead atoms. The standard InChI is InChI=1S/C5H11NO.C4H11N.CO2.ClO.2Na.H2O/c1-3-4(2)5(6)7;1-3-4(2)5;2-1-3;1-2;;;/h4H,3H2,1-2H3,(H2,6,7);4H,3,5H2,1-2H3;;;;;1H2/q;;;-1;2*+1;/p-1. The van der Waals surface area contributed by atoms with Gasteiger partial charge in [0.05, 0.1) is 0 Å². The summed E-state index contributed by atoms with van der Waals surface area (Å²) in [7, 11) is 0. The van der Waals surface area contributed by atoms with Crippen molar-refractivity contribution >= 4 is 23.9 Å². The molecule has 7 nitrogen and oxygen atoms in total. The molecule has 0 saturated heterocycles. The fourth-order valence-electron chi connectivity index (χ4n) is 0.201. The molecule has 0 aliphatic heterocycles. The summed E-state index contributed by atoms with van der Waals surface area (Å²) in [5.41, 5.74) is 10.2. The van der Waals surface area contributed by atoms with Gasteiger partial charge in [0.1, 0.15) is 0 Å². The Morgan fingerprint density at radius 3 is 1.35 bits per heavy atom. The van der Waals surface area contributed by atoms with Gasteiger partial charge in [0.25, 0.3) is 0 Å². The van der Waals surface area contributed by atoms with Crippen molar-refractivity contribution < 1.29 is 83.6 Å². The zero-order valence-corrected chi connectivity index (χ0v) is 17.9. The average molecular weight is 333 g/mol. The van der Waals surface area contributed by atoms with Crippen molar-refractivity contribution in [3.05, 3.63) is 0 Å². The zero-order valence-electron chi connectivity index (χ0n) is 13.2. The van der Waals surface area contributed by atoms with Crippen LogP contribution in [0.3, 0.4) is 0 Å². The van der Waals surface area contributed by atoms with Crippen LogP contribution in [0.15, 0.2) is 0 Å². The van der Waals surface area contributed by atoms with Crippen LogP contribution in [0.4, 0.5) is 0 Å². The fraction of sp³-hybridized carbons (Fsp3) is 0.800. The second kappa shape index (κ2) is 42.7. The van der Waals surface area contributed by atoms with Crippen molar-refractivity contribution in [1.29, 1.82) is 0 Å². The van der Waals surface area contributed by atoms with Gasteiger partial charge in [0.2, 0.25) is 5.91 Å². The molecule has 0 radical (unpaired) electrons. The predicted octanol–water partition coefficient (Wildman–Crippen LogP) is -5.99. The van der Waals surface area contributed by atoms with Crippen molar-refractivity contribution in [3.63, 3.8) is 0 Å². The maximum Gasteiger partial charge on any atom is 1.00 e. The van der Waals surface area contributed by atoms with Crippen LogP contribution in [-0.2, 0) is 14.4 Å². The molecule has 5 N–H and O–H groups in total. The molecule has 0 heterocycles. The molecule has 0 aliphatic carbocycles. The first-order chi connectivity index (χ1) is 7.87. The molecule has 0 rings (SSSR count).